The second-order valence-corrected chi connectivity index (χ2v) is 6.23. The first-order valence-electron chi connectivity index (χ1n) is 6.97. The highest BCUT2D eigenvalue weighted by Crippen LogP contribution is 2.26. The molecule has 2 aromatic carbocycles. The Bertz CT molecular complexity index is 854. The van der Waals surface area contributed by atoms with E-state index < -0.39 is 0 Å². The van der Waals surface area contributed by atoms with Crippen LogP contribution < -0.4 is 20.8 Å². The molecule has 8 heteroatoms. The van der Waals surface area contributed by atoms with Crippen molar-refractivity contribution in [3.05, 3.63) is 52.5 Å². The largest absolute Gasteiger partial charge is 0.497 e. The second kappa shape index (κ2) is 6.98. The number of hydrogen-bond donors (Lipinski definition) is 3. The number of hydrazone groups is 1. The molecule has 0 aromatic heterocycles. The Morgan fingerprint density at radius 2 is 2.12 bits per heavy atom. The summed E-state index contributed by atoms with van der Waals surface area (Å²) < 4.78 is 6.02. The molecule has 0 saturated heterocycles. The summed E-state index contributed by atoms with van der Waals surface area (Å²) in [5.74, 6) is 0.433. The zero-order valence-corrected chi connectivity index (χ0v) is 15.0. The van der Waals surface area contributed by atoms with E-state index in [1.165, 1.54) is 0 Å². The van der Waals surface area contributed by atoms with Crippen LogP contribution in [0, 0.1) is 0 Å². The molecule has 3 N–H and O–H groups in total. The Morgan fingerprint density at radius 3 is 2.92 bits per heavy atom. The Morgan fingerprint density at radius 1 is 1.29 bits per heavy atom. The number of anilines is 2. The summed E-state index contributed by atoms with van der Waals surface area (Å²) in [6, 6.07) is 12.8. The van der Waals surface area contributed by atoms with Gasteiger partial charge in [0.2, 0.25) is 0 Å². The van der Waals surface area contributed by atoms with Gasteiger partial charge in [0.1, 0.15) is 5.75 Å². The molecule has 0 bridgehead atoms. The van der Waals surface area contributed by atoms with Crippen molar-refractivity contribution in [3.63, 3.8) is 0 Å². The fourth-order valence-corrected chi connectivity index (χ4v) is 2.73. The number of hydrogen-bond acceptors (Lipinski definition) is 4. The molecule has 0 unspecified atom stereocenters. The lowest BCUT2D eigenvalue weighted by molar-refractivity contribution is -0.110. The highest BCUT2D eigenvalue weighted by molar-refractivity contribution is 9.10. The maximum Gasteiger partial charge on any atom is 0.276 e. The van der Waals surface area contributed by atoms with Crippen LogP contribution in [0.1, 0.15) is 5.56 Å². The number of fused-ring (bicyclic) bond motifs is 1. The number of halogens is 1. The zero-order chi connectivity index (χ0) is 17.1. The molecule has 0 fully saturated rings. The van der Waals surface area contributed by atoms with Crippen LogP contribution in [0.3, 0.4) is 0 Å². The van der Waals surface area contributed by atoms with E-state index in [2.05, 4.69) is 37.1 Å². The maximum atomic E-state index is 12.0. The van der Waals surface area contributed by atoms with E-state index in [1.54, 1.807) is 13.2 Å². The number of nitrogens with zero attached hydrogens (tertiary/aromatic N) is 1. The standard InChI is InChI=1S/C16H13BrN4O2S/c1-23-11-4-2-3-10(8-11)18-16(24)21-20-14-12-7-9(17)5-6-13(12)19-15(14)22/h2-8H,1H3,(H2,18,21,24)(H,19,20,22). The summed E-state index contributed by atoms with van der Waals surface area (Å²) in [5, 5.41) is 10.1. The van der Waals surface area contributed by atoms with Crippen LogP contribution in [0.15, 0.2) is 52.0 Å². The number of carbonyl (C=O) groups is 1. The minimum atomic E-state index is -0.278. The van der Waals surface area contributed by atoms with Crippen LogP contribution in [0.25, 0.3) is 0 Å². The minimum absolute atomic E-state index is 0.270. The summed E-state index contributed by atoms with van der Waals surface area (Å²) in [6.45, 7) is 0. The molecule has 122 valence electrons. The lowest BCUT2D eigenvalue weighted by atomic mass is 10.1. The first-order valence-corrected chi connectivity index (χ1v) is 8.17. The van der Waals surface area contributed by atoms with Gasteiger partial charge < -0.3 is 15.4 Å². The molecule has 1 amide bonds. The van der Waals surface area contributed by atoms with E-state index in [-0.39, 0.29) is 16.7 Å². The molecule has 0 aliphatic carbocycles. The molecule has 1 heterocycles. The number of ether oxygens (including phenoxy) is 1. The van der Waals surface area contributed by atoms with Crippen LogP contribution in [0.5, 0.6) is 5.75 Å². The van der Waals surface area contributed by atoms with Gasteiger partial charge >= 0.3 is 0 Å². The van der Waals surface area contributed by atoms with Crippen LogP contribution in [0.4, 0.5) is 11.4 Å². The van der Waals surface area contributed by atoms with E-state index >= 15 is 0 Å². The summed E-state index contributed by atoms with van der Waals surface area (Å²) in [5.41, 5.74) is 5.16. The quantitative estimate of drug-likeness (QED) is 0.541. The van der Waals surface area contributed by atoms with Crippen LogP contribution >= 0.6 is 28.1 Å². The van der Waals surface area contributed by atoms with Crippen molar-refractivity contribution in [2.45, 2.75) is 0 Å². The normalized spacial score (nSPS) is 14.1. The van der Waals surface area contributed by atoms with Crippen molar-refractivity contribution in [2.75, 3.05) is 17.7 Å². The highest BCUT2D eigenvalue weighted by Gasteiger charge is 2.26. The molecule has 6 nitrogen and oxygen atoms in total. The Hall–Kier alpha value is -2.45. The SMILES string of the molecule is COc1cccc(NC(=S)N/N=C2\C(=O)Nc3ccc(Br)cc32)c1. The Balaban J connectivity index is 1.73. The van der Waals surface area contributed by atoms with Gasteiger partial charge in [-0.15, -0.1) is 0 Å². The van der Waals surface area contributed by atoms with Crippen molar-refractivity contribution in [1.29, 1.82) is 0 Å². The van der Waals surface area contributed by atoms with Crippen LogP contribution in [0.2, 0.25) is 0 Å². The fourth-order valence-electron chi connectivity index (χ4n) is 2.20. The maximum absolute atomic E-state index is 12.0. The first kappa shape index (κ1) is 16.4. The lowest BCUT2D eigenvalue weighted by Gasteiger charge is -2.08. The lowest BCUT2D eigenvalue weighted by Crippen LogP contribution is -2.27. The Labute approximate surface area is 152 Å². The third-order valence-electron chi connectivity index (χ3n) is 3.30. The summed E-state index contributed by atoms with van der Waals surface area (Å²) in [7, 11) is 1.59. The van der Waals surface area contributed by atoms with Crippen molar-refractivity contribution < 1.29 is 9.53 Å². The fraction of sp³-hybridized carbons (Fsp3) is 0.0625. The number of rotatable bonds is 3. The van der Waals surface area contributed by atoms with Gasteiger partial charge in [-0.05, 0) is 42.5 Å². The number of carbonyl (C=O) groups excluding carboxylic acids is 1. The average Bonchev–Trinajstić information content (AvgIpc) is 2.88. The van der Waals surface area contributed by atoms with Crippen molar-refractivity contribution >= 4 is 56.3 Å². The predicted molar refractivity (Wildman–Crippen MR) is 102 cm³/mol. The molecular formula is C16H13BrN4O2S. The summed E-state index contributed by atoms with van der Waals surface area (Å²) in [4.78, 5) is 12.0. The van der Waals surface area contributed by atoms with Gasteiger partial charge in [-0.2, -0.15) is 5.10 Å². The van der Waals surface area contributed by atoms with Gasteiger partial charge in [0, 0.05) is 21.8 Å². The Kier molecular flexibility index (Phi) is 4.77. The second-order valence-electron chi connectivity index (χ2n) is 4.90. The monoisotopic (exact) mass is 404 g/mol. The molecule has 0 spiro atoms. The number of thiocarbonyl (C=S) groups is 1. The van der Waals surface area contributed by atoms with Gasteiger partial charge in [-0.25, -0.2) is 0 Å². The van der Waals surface area contributed by atoms with Crippen molar-refractivity contribution in [3.8, 4) is 5.75 Å². The molecule has 3 rings (SSSR count). The number of amides is 1. The predicted octanol–water partition coefficient (Wildman–Crippen LogP) is 3.10. The zero-order valence-electron chi connectivity index (χ0n) is 12.6. The molecule has 0 radical (unpaired) electrons. The smallest absolute Gasteiger partial charge is 0.276 e. The topological polar surface area (TPSA) is 74.8 Å². The van der Waals surface area contributed by atoms with Crippen molar-refractivity contribution in [2.24, 2.45) is 5.10 Å². The van der Waals surface area contributed by atoms with Gasteiger partial charge in [0.05, 0.1) is 12.8 Å². The van der Waals surface area contributed by atoms with Crippen molar-refractivity contribution in [1.82, 2.24) is 5.43 Å². The van der Waals surface area contributed by atoms with E-state index in [0.717, 1.165) is 15.8 Å². The van der Waals surface area contributed by atoms with Gasteiger partial charge in [-0.3, -0.25) is 10.2 Å². The highest BCUT2D eigenvalue weighted by atomic mass is 79.9. The van der Waals surface area contributed by atoms with E-state index in [9.17, 15) is 4.79 Å². The van der Waals surface area contributed by atoms with Crippen LogP contribution in [-0.4, -0.2) is 23.8 Å². The number of methoxy groups -OCH3 is 1. The van der Waals surface area contributed by atoms with E-state index in [4.69, 9.17) is 17.0 Å². The third kappa shape index (κ3) is 3.55. The number of nitrogens with one attached hydrogen (secondary N) is 3. The summed E-state index contributed by atoms with van der Waals surface area (Å²) >= 11 is 8.59. The summed E-state index contributed by atoms with van der Waals surface area (Å²) in [6.07, 6.45) is 0. The van der Waals surface area contributed by atoms with E-state index in [1.807, 2.05) is 36.4 Å². The van der Waals surface area contributed by atoms with E-state index in [0.29, 0.717) is 11.3 Å². The molecule has 2 aromatic rings. The molecule has 1 aliphatic rings. The van der Waals surface area contributed by atoms with Crippen LogP contribution in [-0.2, 0) is 4.79 Å². The molecular weight excluding hydrogens is 392 g/mol. The molecule has 24 heavy (non-hydrogen) atoms. The first-order chi connectivity index (χ1) is 11.6. The number of benzene rings is 2. The minimum Gasteiger partial charge on any atom is -0.497 e. The average molecular weight is 405 g/mol. The molecule has 0 saturated carbocycles. The third-order valence-corrected chi connectivity index (χ3v) is 3.98. The van der Waals surface area contributed by atoms with Gasteiger partial charge in [-0.1, -0.05) is 22.0 Å². The van der Waals surface area contributed by atoms with Gasteiger partial charge in [0.15, 0.2) is 10.8 Å². The molecule has 0 atom stereocenters. The van der Waals surface area contributed by atoms with Gasteiger partial charge in [0.25, 0.3) is 5.91 Å². The molecule has 1 aliphatic heterocycles.